The third-order valence-corrected chi connectivity index (χ3v) is 6.57. The third-order valence-electron chi connectivity index (χ3n) is 5.67. The molecule has 0 radical (unpaired) electrons. The molecule has 0 fully saturated rings. The number of fused-ring (bicyclic) bond motifs is 2. The maximum atomic E-state index is 12.2. The number of para-hydroxylation sites is 2. The van der Waals surface area contributed by atoms with Crippen molar-refractivity contribution in [1.29, 1.82) is 0 Å². The van der Waals surface area contributed by atoms with Gasteiger partial charge < -0.3 is 9.73 Å². The summed E-state index contributed by atoms with van der Waals surface area (Å²) in [4.78, 5) is 21.8. The predicted molar refractivity (Wildman–Crippen MR) is 140 cm³/mol. The molecule has 0 amide bonds. The minimum atomic E-state index is -0.350. The highest BCUT2D eigenvalue weighted by atomic mass is 32.2. The van der Waals surface area contributed by atoms with Gasteiger partial charge in [0.1, 0.15) is 11.4 Å². The Bertz CT molecular complexity index is 1540. The summed E-state index contributed by atoms with van der Waals surface area (Å²) in [5.41, 5.74) is 4.18. The molecule has 1 N–H and O–H groups in total. The molecule has 5 nitrogen and oxygen atoms in total. The van der Waals surface area contributed by atoms with Crippen molar-refractivity contribution in [1.82, 2.24) is 9.97 Å². The van der Waals surface area contributed by atoms with Gasteiger partial charge in [0.2, 0.25) is 0 Å². The average molecular weight is 468 g/mol. The Labute approximate surface area is 202 Å². The quantitative estimate of drug-likeness (QED) is 0.169. The molecule has 3 aromatic carbocycles. The van der Waals surface area contributed by atoms with Crippen molar-refractivity contribution in [2.45, 2.75) is 37.1 Å². The van der Waals surface area contributed by atoms with Crippen LogP contribution in [-0.4, -0.2) is 9.97 Å². The molecule has 34 heavy (non-hydrogen) atoms. The molecule has 0 aliphatic carbocycles. The highest BCUT2D eigenvalue weighted by molar-refractivity contribution is 7.98. The highest BCUT2D eigenvalue weighted by Gasteiger charge is 2.16. The van der Waals surface area contributed by atoms with Crippen molar-refractivity contribution in [2.75, 3.05) is 5.32 Å². The standard InChI is InChI=1S/C28H25N3O2S/c1-28(2,3)19-13-14-24-22(16-19)18(15-25(32)33-24)17-34-27-30-23-12-8-7-11-21(23)26(31-27)29-20-9-5-4-6-10-20/h4-16H,17H2,1-3H3,(H,29,30,31). The van der Waals surface area contributed by atoms with Crippen LogP contribution in [0.5, 0.6) is 0 Å². The lowest BCUT2D eigenvalue weighted by atomic mass is 9.86. The number of rotatable bonds is 5. The van der Waals surface area contributed by atoms with Crippen molar-refractivity contribution in [3.05, 3.63) is 100 Å². The molecular formula is C28H25N3O2S. The van der Waals surface area contributed by atoms with E-state index in [0.29, 0.717) is 16.5 Å². The van der Waals surface area contributed by atoms with Gasteiger partial charge in [-0.05, 0) is 52.9 Å². The van der Waals surface area contributed by atoms with Gasteiger partial charge in [-0.1, -0.05) is 68.9 Å². The van der Waals surface area contributed by atoms with Crippen LogP contribution in [0.2, 0.25) is 0 Å². The molecular weight excluding hydrogens is 442 g/mol. The summed E-state index contributed by atoms with van der Waals surface area (Å²) in [6.07, 6.45) is 0. The van der Waals surface area contributed by atoms with Gasteiger partial charge in [0, 0.05) is 28.3 Å². The second kappa shape index (κ2) is 8.95. The van der Waals surface area contributed by atoms with Crippen LogP contribution in [0.1, 0.15) is 31.9 Å². The Kier molecular flexibility index (Phi) is 5.84. The van der Waals surface area contributed by atoms with E-state index in [9.17, 15) is 4.79 Å². The molecule has 0 atom stereocenters. The second-order valence-electron chi connectivity index (χ2n) is 9.20. The van der Waals surface area contributed by atoms with Crippen LogP contribution in [0.3, 0.4) is 0 Å². The van der Waals surface area contributed by atoms with E-state index in [4.69, 9.17) is 14.4 Å². The zero-order valence-electron chi connectivity index (χ0n) is 19.3. The van der Waals surface area contributed by atoms with Crippen LogP contribution >= 0.6 is 11.8 Å². The molecule has 6 heteroatoms. The monoisotopic (exact) mass is 467 g/mol. The van der Waals surface area contributed by atoms with Crippen LogP contribution in [0.4, 0.5) is 11.5 Å². The smallest absolute Gasteiger partial charge is 0.336 e. The van der Waals surface area contributed by atoms with E-state index in [1.165, 1.54) is 17.3 Å². The fourth-order valence-corrected chi connectivity index (χ4v) is 4.67. The maximum absolute atomic E-state index is 12.2. The molecule has 0 aliphatic rings. The van der Waals surface area contributed by atoms with Crippen molar-refractivity contribution in [3.63, 3.8) is 0 Å². The molecule has 5 rings (SSSR count). The Morgan fingerprint density at radius 2 is 1.65 bits per heavy atom. The van der Waals surface area contributed by atoms with Crippen LogP contribution in [-0.2, 0) is 11.2 Å². The second-order valence-corrected chi connectivity index (χ2v) is 10.1. The summed E-state index contributed by atoms with van der Waals surface area (Å²) in [6.45, 7) is 6.52. The van der Waals surface area contributed by atoms with Crippen molar-refractivity contribution < 1.29 is 4.42 Å². The van der Waals surface area contributed by atoms with Gasteiger partial charge in [0.15, 0.2) is 5.16 Å². The molecule has 2 aromatic heterocycles. The maximum Gasteiger partial charge on any atom is 0.336 e. The van der Waals surface area contributed by atoms with Gasteiger partial charge in [0.05, 0.1) is 5.52 Å². The predicted octanol–water partition coefficient (Wildman–Crippen LogP) is 7.07. The molecule has 0 unspecified atom stereocenters. The molecule has 0 aliphatic heterocycles. The van der Waals surface area contributed by atoms with E-state index in [-0.39, 0.29) is 11.0 Å². The number of nitrogens with zero attached hydrogens (tertiary/aromatic N) is 2. The zero-order valence-corrected chi connectivity index (χ0v) is 20.1. The first kappa shape index (κ1) is 22.2. The number of benzene rings is 3. The van der Waals surface area contributed by atoms with Gasteiger partial charge >= 0.3 is 5.63 Å². The van der Waals surface area contributed by atoms with Gasteiger partial charge in [-0.2, -0.15) is 0 Å². The minimum Gasteiger partial charge on any atom is -0.423 e. The number of aromatic nitrogens is 2. The van der Waals surface area contributed by atoms with Gasteiger partial charge in [-0.3, -0.25) is 0 Å². The Morgan fingerprint density at radius 1 is 0.882 bits per heavy atom. The SMILES string of the molecule is CC(C)(C)c1ccc2oc(=O)cc(CSc3nc(Nc4ccccc4)c4ccccc4n3)c2c1. The van der Waals surface area contributed by atoms with Crippen LogP contribution in [0.25, 0.3) is 21.9 Å². The lowest BCUT2D eigenvalue weighted by molar-refractivity contribution is 0.557. The first-order valence-electron chi connectivity index (χ1n) is 11.2. The van der Waals surface area contributed by atoms with E-state index in [1.807, 2.05) is 66.7 Å². The largest absolute Gasteiger partial charge is 0.423 e. The third kappa shape index (κ3) is 4.68. The van der Waals surface area contributed by atoms with E-state index in [0.717, 1.165) is 33.4 Å². The van der Waals surface area contributed by atoms with E-state index >= 15 is 0 Å². The number of anilines is 2. The summed E-state index contributed by atoms with van der Waals surface area (Å²) in [5.74, 6) is 1.31. The number of hydrogen-bond donors (Lipinski definition) is 1. The summed E-state index contributed by atoms with van der Waals surface area (Å²) in [5, 5.41) is 5.96. The van der Waals surface area contributed by atoms with Crippen molar-refractivity contribution >= 4 is 45.1 Å². The number of nitrogens with one attached hydrogen (secondary N) is 1. The molecule has 2 heterocycles. The van der Waals surface area contributed by atoms with Crippen LogP contribution in [0.15, 0.2) is 93.2 Å². The van der Waals surface area contributed by atoms with Crippen molar-refractivity contribution in [3.8, 4) is 0 Å². The molecule has 0 saturated heterocycles. The Balaban J connectivity index is 1.51. The summed E-state index contributed by atoms with van der Waals surface area (Å²) >= 11 is 1.51. The van der Waals surface area contributed by atoms with Gasteiger partial charge in [-0.15, -0.1) is 0 Å². The average Bonchev–Trinajstić information content (AvgIpc) is 2.82. The summed E-state index contributed by atoms with van der Waals surface area (Å²) < 4.78 is 5.46. The van der Waals surface area contributed by atoms with Crippen molar-refractivity contribution in [2.24, 2.45) is 0 Å². The number of hydrogen-bond acceptors (Lipinski definition) is 6. The van der Waals surface area contributed by atoms with Crippen LogP contribution < -0.4 is 10.9 Å². The summed E-state index contributed by atoms with van der Waals surface area (Å²) in [6, 6.07) is 25.5. The summed E-state index contributed by atoms with van der Waals surface area (Å²) in [7, 11) is 0. The minimum absolute atomic E-state index is 0.00575. The molecule has 0 spiro atoms. The lowest BCUT2D eigenvalue weighted by Gasteiger charge is -2.19. The molecule has 0 saturated carbocycles. The van der Waals surface area contributed by atoms with Crippen LogP contribution in [0, 0.1) is 0 Å². The lowest BCUT2D eigenvalue weighted by Crippen LogP contribution is -2.11. The van der Waals surface area contributed by atoms with E-state index < -0.39 is 0 Å². The highest BCUT2D eigenvalue weighted by Crippen LogP contribution is 2.31. The fraction of sp³-hybridized carbons (Fsp3) is 0.179. The molecule has 5 aromatic rings. The zero-order chi connectivity index (χ0) is 23.7. The van der Waals surface area contributed by atoms with E-state index in [1.54, 1.807) is 6.07 Å². The topological polar surface area (TPSA) is 68.0 Å². The number of thioether (sulfide) groups is 1. The molecule has 0 bridgehead atoms. The van der Waals surface area contributed by atoms with Gasteiger partial charge in [-0.25, -0.2) is 14.8 Å². The Morgan fingerprint density at radius 3 is 2.44 bits per heavy atom. The van der Waals surface area contributed by atoms with Gasteiger partial charge in [0.25, 0.3) is 0 Å². The Hall–Kier alpha value is -3.64. The fourth-order valence-electron chi connectivity index (χ4n) is 3.83. The first-order valence-corrected chi connectivity index (χ1v) is 12.1. The normalized spacial score (nSPS) is 11.7. The van der Waals surface area contributed by atoms with E-state index in [2.05, 4.69) is 32.2 Å². The molecule has 170 valence electrons. The first-order chi connectivity index (χ1) is 16.4.